The van der Waals surface area contributed by atoms with E-state index >= 15 is 0 Å². The van der Waals surface area contributed by atoms with Crippen LogP contribution in [0.2, 0.25) is 18.1 Å². The molecule has 1 saturated heterocycles. The first-order valence-corrected chi connectivity index (χ1v) is 14.3. The molecule has 1 fully saturated rings. The maximum atomic E-state index is 13.1. The third-order valence-corrected chi connectivity index (χ3v) is 10.8. The Morgan fingerprint density at radius 3 is 2.35 bits per heavy atom. The van der Waals surface area contributed by atoms with Crippen molar-refractivity contribution in [2.24, 2.45) is 0 Å². The van der Waals surface area contributed by atoms with Gasteiger partial charge in [-0.25, -0.2) is 4.79 Å². The number of benzene rings is 1. The van der Waals surface area contributed by atoms with Gasteiger partial charge in [0.15, 0.2) is 27.3 Å². The minimum Gasteiger partial charge on any atom is -0.468 e. The molecule has 0 aliphatic carbocycles. The Kier molecular flexibility index (Phi) is 10.2. The summed E-state index contributed by atoms with van der Waals surface area (Å²) in [6.45, 7) is 12.5. The molecule has 0 spiro atoms. The Hall–Kier alpha value is -1.82. The van der Waals surface area contributed by atoms with E-state index in [4.69, 9.17) is 28.2 Å². The molecule has 0 bridgehead atoms. The van der Waals surface area contributed by atoms with Crippen LogP contribution in [0.1, 0.15) is 33.3 Å². The summed E-state index contributed by atoms with van der Waals surface area (Å²) < 4.78 is 28.4. The fourth-order valence-corrected chi connectivity index (χ4v) is 4.64. The van der Waals surface area contributed by atoms with E-state index in [2.05, 4.69) is 33.9 Å². The van der Waals surface area contributed by atoms with Gasteiger partial charge in [0, 0.05) is 0 Å². The number of ether oxygens (including phenoxy) is 4. The van der Waals surface area contributed by atoms with Gasteiger partial charge >= 0.3 is 11.9 Å². The van der Waals surface area contributed by atoms with E-state index in [1.807, 2.05) is 30.3 Å². The second-order valence-corrected chi connectivity index (χ2v) is 14.6. The molecule has 0 amide bonds. The summed E-state index contributed by atoms with van der Waals surface area (Å²) in [6, 6.07) is 8.46. The lowest BCUT2D eigenvalue weighted by Gasteiger charge is -2.46. The number of carbonyl (C=O) groups excluding carboxylic acids is 2. The van der Waals surface area contributed by atoms with Gasteiger partial charge in [-0.3, -0.25) is 9.63 Å². The molecule has 10 heteroatoms. The first kappa shape index (κ1) is 28.4. The van der Waals surface area contributed by atoms with Gasteiger partial charge < -0.3 is 23.4 Å². The largest absolute Gasteiger partial charge is 0.468 e. The highest BCUT2D eigenvalue weighted by atomic mass is 28.4. The Morgan fingerprint density at radius 2 is 1.79 bits per heavy atom. The molecule has 2 rings (SSSR count). The molecular weight excluding hydrogens is 458 g/mol. The molecule has 9 nitrogen and oxygen atoms in total. The highest BCUT2D eigenvalue weighted by molar-refractivity contribution is 6.74. The van der Waals surface area contributed by atoms with Gasteiger partial charge in [-0.1, -0.05) is 51.1 Å². The van der Waals surface area contributed by atoms with Gasteiger partial charge in [0.1, 0.15) is 6.10 Å². The zero-order chi connectivity index (χ0) is 25.5. The Balaban J connectivity index is 2.44. The molecule has 0 N–H and O–H groups in total. The van der Waals surface area contributed by atoms with E-state index < -0.39 is 44.8 Å². The number of hydrogen-bond donors (Lipinski definition) is 0. The highest BCUT2D eigenvalue weighted by Crippen LogP contribution is 2.39. The average Bonchev–Trinajstić information content (AvgIpc) is 2.78. The van der Waals surface area contributed by atoms with Crippen molar-refractivity contribution in [2.75, 3.05) is 27.4 Å². The number of esters is 2. The van der Waals surface area contributed by atoms with Crippen molar-refractivity contribution in [3.05, 3.63) is 35.9 Å². The van der Waals surface area contributed by atoms with Crippen molar-refractivity contribution >= 4 is 20.3 Å². The van der Waals surface area contributed by atoms with Crippen molar-refractivity contribution in [1.29, 1.82) is 0 Å². The molecule has 0 unspecified atom stereocenters. The molecule has 1 aromatic rings. The van der Waals surface area contributed by atoms with Crippen LogP contribution in [-0.4, -0.2) is 77.3 Å². The van der Waals surface area contributed by atoms with E-state index in [0.717, 1.165) is 5.56 Å². The zero-order valence-electron chi connectivity index (χ0n) is 21.5. The number of methoxy groups -OCH3 is 2. The van der Waals surface area contributed by atoms with Crippen LogP contribution in [0, 0.1) is 0 Å². The third-order valence-electron chi connectivity index (χ3n) is 6.28. The van der Waals surface area contributed by atoms with Gasteiger partial charge in [0.25, 0.3) is 0 Å². The van der Waals surface area contributed by atoms with Gasteiger partial charge in [-0.05, 0) is 30.6 Å². The van der Waals surface area contributed by atoms with Crippen LogP contribution in [-0.2, 0) is 44.3 Å². The molecule has 0 aromatic heterocycles. The second kappa shape index (κ2) is 12.2. The van der Waals surface area contributed by atoms with Crippen molar-refractivity contribution < 1.29 is 37.8 Å². The van der Waals surface area contributed by atoms with Crippen LogP contribution in [0.25, 0.3) is 0 Å². The van der Waals surface area contributed by atoms with Gasteiger partial charge in [0.05, 0.1) is 33.5 Å². The topological polar surface area (TPSA) is 92.8 Å². The van der Waals surface area contributed by atoms with Gasteiger partial charge in [-0.15, -0.1) is 0 Å². The zero-order valence-corrected chi connectivity index (χ0v) is 22.5. The first-order chi connectivity index (χ1) is 15.9. The lowest BCUT2D eigenvalue weighted by molar-refractivity contribution is -0.286. The fourth-order valence-electron chi connectivity index (χ4n) is 3.33. The highest BCUT2D eigenvalue weighted by Gasteiger charge is 2.49. The molecule has 1 aliphatic rings. The summed E-state index contributed by atoms with van der Waals surface area (Å²) >= 11 is 0. The fraction of sp³-hybridized carbons (Fsp3) is 0.667. The summed E-state index contributed by atoms with van der Waals surface area (Å²) in [5, 5.41) is 1.36. The second-order valence-electron chi connectivity index (χ2n) is 9.80. The van der Waals surface area contributed by atoms with Crippen molar-refractivity contribution in [1.82, 2.24) is 5.06 Å². The number of rotatable bonds is 10. The number of hydrogen-bond acceptors (Lipinski definition) is 9. The molecule has 192 valence electrons. The molecular formula is C24H39NO8Si. The quantitative estimate of drug-likeness (QED) is 0.274. The van der Waals surface area contributed by atoms with Gasteiger partial charge in [-0.2, -0.15) is 5.06 Å². The Bertz CT molecular complexity index is 798. The smallest absolute Gasteiger partial charge is 0.333 e. The number of nitrogens with zero attached hydrogens (tertiary/aromatic N) is 1. The monoisotopic (exact) mass is 497 g/mol. The normalized spacial score (nSPS) is 22.3. The minimum atomic E-state index is -2.24. The average molecular weight is 498 g/mol. The third kappa shape index (κ3) is 7.59. The maximum Gasteiger partial charge on any atom is 0.333 e. The summed E-state index contributed by atoms with van der Waals surface area (Å²) in [5.41, 5.74) is 0.878. The first-order valence-electron chi connectivity index (χ1n) is 11.4. The summed E-state index contributed by atoms with van der Waals surface area (Å²) in [5.74, 6) is -1.14. The van der Waals surface area contributed by atoms with Gasteiger partial charge in [0.2, 0.25) is 0 Å². The summed E-state index contributed by atoms with van der Waals surface area (Å²) in [7, 11) is 0.340. The minimum absolute atomic E-state index is 0.0630. The molecule has 4 atom stereocenters. The predicted octanol–water partition coefficient (Wildman–Crippen LogP) is 3.29. The van der Waals surface area contributed by atoms with E-state index in [-0.39, 0.29) is 24.8 Å². The molecule has 34 heavy (non-hydrogen) atoms. The van der Waals surface area contributed by atoms with E-state index in [1.165, 1.54) is 19.3 Å². The van der Waals surface area contributed by atoms with Crippen LogP contribution in [0.3, 0.4) is 0 Å². The lowest BCUT2D eigenvalue weighted by Crippen LogP contribution is -2.61. The lowest BCUT2D eigenvalue weighted by atomic mass is 10.0. The number of carbonyl (C=O) groups is 2. The summed E-state index contributed by atoms with van der Waals surface area (Å²) in [6.07, 6.45) is -1.86. The van der Waals surface area contributed by atoms with Crippen molar-refractivity contribution in [2.45, 2.75) is 76.9 Å². The molecule has 0 radical (unpaired) electrons. The standard InChI is InChI=1S/C24H39NO8Si/c1-17-30-15-19(33-34(7,8)24(2,3)4)22(32-17)21(23(27)29-6)25(31-16-20(26)28-5)14-18-12-10-9-11-13-18/h9-13,17,19,21-22H,14-16H2,1-8H3/t17-,19+,21+,22+/m0/s1. The summed E-state index contributed by atoms with van der Waals surface area (Å²) in [4.78, 5) is 30.8. The molecule has 1 heterocycles. The van der Waals surface area contributed by atoms with Crippen LogP contribution < -0.4 is 0 Å². The van der Waals surface area contributed by atoms with Crippen LogP contribution in [0.5, 0.6) is 0 Å². The SMILES string of the molecule is COC(=O)CON(Cc1ccccc1)[C@@H](C(=O)OC)[C@@H]1O[C@@H](C)OC[C@H]1O[Si](C)(C)C(C)(C)C. The van der Waals surface area contributed by atoms with Crippen molar-refractivity contribution in [3.63, 3.8) is 0 Å². The van der Waals surface area contributed by atoms with Crippen LogP contribution in [0.15, 0.2) is 30.3 Å². The van der Waals surface area contributed by atoms with E-state index in [1.54, 1.807) is 6.92 Å². The molecule has 0 saturated carbocycles. The number of hydroxylamine groups is 2. The maximum absolute atomic E-state index is 13.1. The van der Waals surface area contributed by atoms with E-state index in [0.29, 0.717) is 0 Å². The van der Waals surface area contributed by atoms with Crippen LogP contribution in [0.4, 0.5) is 0 Å². The molecule has 1 aliphatic heterocycles. The van der Waals surface area contributed by atoms with Crippen molar-refractivity contribution in [3.8, 4) is 0 Å². The van der Waals surface area contributed by atoms with Crippen LogP contribution >= 0.6 is 0 Å². The predicted molar refractivity (Wildman–Crippen MR) is 128 cm³/mol. The molecule has 1 aromatic carbocycles. The van der Waals surface area contributed by atoms with E-state index in [9.17, 15) is 9.59 Å². The Morgan fingerprint density at radius 1 is 1.15 bits per heavy atom. The Labute approximate surface area is 203 Å².